The Morgan fingerprint density at radius 2 is 2.17 bits per heavy atom. The average Bonchev–Trinajstić information content (AvgIpc) is 2.71. The number of aliphatic hydroxyl groups is 1. The molecule has 1 atom stereocenters. The number of carbonyl (C=O) groups is 1. The van der Waals surface area contributed by atoms with Crippen LogP contribution in [0.2, 0.25) is 0 Å². The summed E-state index contributed by atoms with van der Waals surface area (Å²) in [7, 11) is 0. The normalized spacial score (nSPS) is 13.4. The number of aromatic nitrogens is 2. The molecule has 102 valence electrons. The second-order valence-corrected chi connectivity index (χ2v) is 5.04. The van der Waals surface area contributed by atoms with Crippen molar-refractivity contribution < 1.29 is 9.90 Å². The molecule has 0 aromatic carbocycles. The quantitative estimate of drug-likeness (QED) is 0.832. The van der Waals surface area contributed by atoms with Crippen LogP contribution in [0.5, 0.6) is 0 Å². The van der Waals surface area contributed by atoms with Gasteiger partial charge in [0.05, 0.1) is 17.3 Å². The molecule has 0 saturated heterocycles. The molecule has 0 fully saturated rings. The lowest BCUT2D eigenvalue weighted by atomic mass is 9.98. The van der Waals surface area contributed by atoms with E-state index in [1.54, 1.807) is 31.5 Å². The Kier molecular flexibility index (Phi) is 4.51. The topological polar surface area (TPSA) is 67.2 Å². The highest BCUT2D eigenvalue weighted by atomic mass is 16.3. The third-order valence-corrected chi connectivity index (χ3v) is 3.21. The van der Waals surface area contributed by atoms with Gasteiger partial charge in [0.1, 0.15) is 5.69 Å². The Bertz CT molecular complexity index is 422. The number of nitrogens with one attached hydrogen (secondary N) is 1. The second kappa shape index (κ2) is 5.52. The van der Waals surface area contributed by atoms with Crippen molar-refractivity contribution in [3.05, 3.63) is 17.5 Å². The van der Waals surface area contributed by atoms with Gasteiger partial charge >= 0.3 is 0 Å². The molecule has 1 aromatic heterocycles. The first kappa shape index (κ1) is 14.7. The molecule has 0 saturated carbocycles. The lowest BCUT2D eigenvalue weighted by Crippen LogP contribution is -2.51. The summed E-state index contributed by atoms with van der Waals surface area (Å²) in [5, 5.41) is 16.8. The van der Waals surface area contributed by atoms with Crippen LogP contribution >= 0.6 is 0 Å². The molecule has 5 heteroatoms. The Morgan fingerprint density at radius 1 is 1.56 bits per heavy atom. The fourth-order valence-electron chi connectivity index (χ4n) is 1.53. The van der Waals surface area contributed by atoms with Gasteiger partial charge in [0.15, 0.2) is 0 Å². The number of hydrogen-bond donors (Lipinski definition) is 2. The molecule has 1 unspecified atom stereocenters. The molecule has 0 bridgehead atoms. The number of aliphatic hydroxyl groups excluding tert-OH is 1. The minimum Gasteiger partial charge on any atom is -0.391 e. The van der Waals surface area contributed by atoms with E-state index in [1.807, 2.05) is 13.8 Å². The van der Waals surface area contributed by atoms with Crippen LogP contribution < -0.4 is 5.32 Å². The maximum Gasteiger partial charge on any atom is 0.270 e. The van der Waals surface area contributed by atoms with Crippen LogP contribution in [0.3, 0.4) is 0 Å². The Morgan fingerprint density at radius 3 is 2.61 bits per heavy atom. The van der Waals surface area contributed by atoms with Gasteiger partial charge in [-0.05, 0) is 40.2 Å². The van der Waals surface area contributed by atoms with E-state index >= 15 is 0 Å². The molecular formula is C13H23N3O2. The van der Waals surface area contributed by atoms with Crippen molar-refractivity contribution in [1.29, 1.82) is 0 Å². The highest BCUT2D eigenvalue weighted by Crippen LogP contribution is 2.12. The molecular weight excluding hydrogens is 230 g/mol. The number of aryl methyl sites for hydroxylation is 2. The Balaban J connectivity index is 2.93. The fraction of sp³-hybridized carbons (Fsp3) is 0.692. The van der Waals surface area contributed by atoms with Crippen LogP contribution in [-0.4, -0.2) is 32.4 Å². The summed E-state index contributed by atoms with van der Waals surface area (Å²) < 4.78 is 1.69. The summed E-state index contributed by atoms with van der Waals surface area (Å²) in [6.07, 6.45) is 0.178. The van der Waals surface area contributed by atoms with Crippen molar-refractivity contribution in [2.75, 3.05) is 0 Å². The average molecular weight is 253 g/mol. The van der Waals surface area contributed by atoms with Crippen LogP contribution in [0.4, 0.5) is 0 Å². The van der Waals surface area contributed by atoms with E-state index in [0.717, 1.165) is 12.1 Å². The predicted octanol–water partition coefficient (Wildman–Crippen LogP) is 1.35. The zero-order valence-corrected chi connectivity index (χ0v) is 11.8. The van der Waals surface area contributed by atoms with Crippen molar-refractivity contribution in [2.45, 2.75) is 59.2 Å². The first-order chi connectivity index (χ1) is 8.31. The van der Waals surface area contributed by atoms with Gasteiger partial charge in [-0.15, -0.1) is 0 Å². The summed E-state index contributed by atoms with van der Waals surface area (Å²) in [6, 6.07) is 1.80. The van der Waals surface area contributed by atoms with Gasteiger partial charge in [0.25, 0.3) is 5.91 Å². The van der Waals surface area contributed by atoms with Gasteiger partial charge < -0.3 is 10.4 Å². The van der Waals surface area contributed by atoms with Crippen LogP contribution in [0, 0.1) is 0 Å². The van der Waals surface area contributed by atoms with E-state index in [1.165, 1.54) is 0 Å². The van der Waals surface area contributed by atoms with E-state index in [2.05, 4.69) is 10.4 Å². The molecule has 0 aliphatic rings. The highest BCUT2D eigenvalue weighted by Gasteiger charge is 2.27. The Hall–Kier alpha value is -1.36. The van der Waals surface area contributed by atoms with Crippen LogP contribution in [0.1, 0.15) is 50.8 Å². The largest absolute Gasteiger partial charge is 0.391 e. The fourth-order valence-corrected chi connectivity index (χ4v) is 1.53. The lowest BCUT2D eigenvalue weighted by Gasteiger charge is -2.29. The molecule has 0 radical (unpaired) electrons. The summed E-state index contributed by atoms with van der Waals surface area (Å²) in [4.78, 5) is 12.2. The van der Waals surface area contributed by atoms with E-state index in [4.69, 9.17) is 0 Å². The SMILES string of the molecule is CCc1cc(C(=O)NC(C)(C)C(C)O)n(CC)n1. The molecule has 5 nitrogen and oxygen atoms in total. The first-order valence-electron chi connectivity index (χ1n) is 6.39. The molecule has 0 aliphatic carbocycles. The maximum absolute atomic E-state index is 12.2. The second-order valence-electron chi connectivity index (χ2n) is 5.04. The zero-order valence-electron chi connectivity index (χ0n) is 11.8. The predicted molar refractivity (Wildman–Crippen MR) is 70.5 cm³/mol. The van der Waals surface area contributed by atoms with Gasteiger partial charge in [-0.3, -0.25) is 9.48 Å². The highest BCUT2D eigenvalue weighted by molar-refractivity contribution is 5.93. The standard InChI is InChI=1S/C13H23N3O2/c1-6-10-8-11(16(7-2)15-10)12(18)14-13(4,5)9(3)17/h8-9,17H,6-7H2,1-5H3,(H,14,18). The molecule has 0 aliphatic heterocycles. The van der Waals surface area contributed by atoms with Gasteiger partial charge in [-0.1, -0.05) is 6.92 Å². The lowest BCUT2D eigenvalue weighted by molar-refractivity contribution is 0.0701. The smallest absolute Gasteiger partial charge is 0.270 e. The molecule has 1 aromatic rings. The van der Waals surface area contributed by atoms with Crippen LogP contribution in [0.25, 0.3) is 0 Å². The summed E-state index contributed by atoms with van der Waals surface area (Å²) in [6.45, 7) is 9.85. The van der Waals surface area contributed by atoms with E-state index in [-0.39, 0.29) is 5.91 Å². The molecule has 1 rings (SSSR count). The number of carbonyl (C=O) groups excluding carboxylic acids is 1. The minimum absolute atomic E-state index is 0.199. The van der Waals surface area contributed by atoms with Crippen molar-refractivity contribution >= 4 is 5.91 Å². The van der Waals surface area contributed by atoms with Gasteiger partial charge in [-0.2, -0.15) is 5.10 Å². The van der Waals surface area contributed by atoms with Gasteiger partial charge in [0.2, 0.25) is 0 Å². The molecule has 2 N–H and O–H groups in total. The van der Waals surface area contributed by atoms with Crippen molar-refractivity contribution in [3.63, 3.8) is 0 Å². The first-order valence-corrected chi connectivity index (χ1v) is 6.39. The van der Waals surface area contributed by atoms with Gasteiger partial charge in [-0.25, -0.2) is 0 Å². The third kappa shape index (κ3) is 3.10. The van der Waals surface area contributed by atoms with Crippen LogP contribution in [-0.2, 0) is 13.0 Å². The maximum atomic E-state index is 12.2. The zero-order chi connectivity index (χ0) is 13.9. The molecule has 1 heterocycles. The monoisotopic (exact) mass is 253 g/mol. The number of amides is 1. The van der Waals surface area contributed by atoms with E-state index in [0.29, 0.717) is 12.2 Å². The molecule has 1 amide bonds. The number of nitrogens with zero attached hydrogens (tertiary/aromatic N) is 2. The van der Waals surface area contributed by atoms with Crippen LogP contribution in [0.15, 0.2) is 6.07 Å². The summed E-state index contributed by atoms with van der Waals surface area (Å²) in [5.41, 5.74) is 0.784. The van der Waals surface area contributed by atoms with E-state index < -0.39 is 11.6 Å². The minimum atomic E-state index is -0.660. The molecule has 0 spiro atoms. The van der Waals surface area contributed by atoms with Crippen molar-refractivity contribution in [3.8, 4) is 0 Å². The molecule has 18 heavy (non-hydrogen) atoms. The van der Waals surface area contributed by atoms with E-state index in [9.17, 15) is 9.90 Å². The van der Waals surface area contributed by atoms with Crippen molar-refractivity contribution in [1.82, 2.24) is 15.1 Å². The number of rotatable bonds is 5. The Labute approximate surface area is 108 Å². The summed E-state index contributed by atoms with van der Waals surface area (Å²) in [5.74, 6) is -0.199. The third-order valence-electron chi connectivity index (χ3n) is 3.21. The number of hydrogen-bond acceptors (Lipinski definition) is 3. The van der Waals surface area contributed by atoms with Gasteiger partial charge in [0, 0.05) is 6.54 Å². The summed E-state index contributed by atoms with van der Waals surface area (Å²) >= 11 is 0. The van der Waals surface area contributed by atoms with Crippen molar-refractivity contribution in [2.24, 2.45) is 0 Å².